The molecule has 1 fully saturated rings. The second kappa shape index (κ2) is 8.72. The van der Waals surface area contributed by atoms with Crippen LogP contribution >= 0.6 is 0 Å². The van der Waals surface area contributed by atoms with Crippen molar-refractivity contribution in [1.29, 1.82) is 0 Å². The highest BCUT2D eigenvalue weighted by Crippen LogP contribution is 2.33. The maximum atomic E-state index is 13.0. The molecule has 8 nitrogen and oxygen atoms in total. The molecule has 2 aliphatic rings. The number of methoxy groups -OCH3 is 1. The van der Waals surface area contributed by atoms with E-state index in [9.17, 15) is 9.90 Å². The predicted octanol–water partition coefficient (Wildman–Crippen LogP) is 2.25. The monoisotopic (exact) mass is 433 g/mol. The number of amides is 1. The summed E-state index contributed by atoms with van der Waals surface area (Å²) in [5.41, 5.74) is 1.84. The number of fused-ring (bicyclic) bond motifs is 1. The number of aromatic nitrogens is 3. The minimum absolute atomic E-state index is 0.00953. The van der Waals surface area contributed by atoms with Gasteiger partial charge in [0.1, 0.15) is 5.75 Å². The molecule has 3 heterocycles. The lowest BCUT2D eigenvalue weighted by atomic mass is 10.1. The summed E-state index contributed by atoms with van der Waals surface area (Å²) < 4.78 is 7.30. The molecule has 0 unspecified atom stereocenters. The van der Waals surface area contributed by atoms with E-state index in [1.54, 1.807) is 36.3 Å². The topological polar surface area (TPSA) is 83.7 Å². The van der Waals surface area contributed by atoms with Crippen LogP contribution in [0.5, 0.6) is 5.75 Å². The molecule has 2 aromatic carbocycles. The maximum Gasteiger partial charge on any atom is 0.254 e. The second-order valence-electron chi connectivity index (χ2n) is 8.40. The van der Waals surface area contributed by atoms with Crippen molar-refractivity contribution in [3.63, 3.8) is 0 Å². The summed E-state index contributed by atoms with van der Waals surface area (Å²) in [5, 5.41) is 19.3. The standard InChI is InChI=1S/C24H27N5O3/c1-32-20-9-7-18(8-10-20)24(31)27-11-12-29-22(16-27)25-26-23(29)21-13-19(30)15-28(21)14-17-5-3-2-4-6-17/h2-10,19,21,30H,11-16H2,1H3/t19-,21+/m1/s1. The van der Waals surface area contributed by atoms with Crippen LogP contribution in [0.3, 0.4) is 0 Å². The number of likely N-dealkylation sites (tertiary alicyclic amines) is 1. The summed E-state index contributed by atoms with van der Waals surface area (Å²) >= 11 is 0. The highest BCUT2D eigenvalue weighted by atomic mass is 16.5. The molecule has 5 rings (SSSR count). The zero-order chi connectivity index (χ0) is 22.1. The molecule has 166 valence electrons. The lowest BCUT2D eigenvalue weighted by molar-refractivity contribution is 0.0704. The van der Waals surface area contributed by atoms with Crippen molar-refractivity contribution in [2.45, 2.75) is 38.2 Å². The minimum atomic E-state index is -0.381. The van der Waals surface area contributed by atoms with Crippen molar-refractivity contribution in [1.82, 2.24) is 24.6 Å². The summed E-state index contributed by atoms with van der Waals surface area (Å²) in [6.45, 7) is 3.03. The van der Waals surface area contributed by atoms with Gasteiger partial charge in [-0.05, 0) is 36.2 Å². The molecule has 1 aromatic heterocycles. The van der Waals surface area contributed by atoms with Crippen molar-refractivity contribution in [3.05, 3.63) is 77.4 Å². The smallest absolute Gasteiger partial charge is 0.254 e. The van der Waals surface area contributed by atoms with Crippen LogP contribution < -0.4 is 4.74 Å². The predicted molar refractivity (Wildman–Crippen MR) is 118 cm³/mol. The number of hydrogen-bond acceptors (Lipinski definition) is 6. The average molecular weight is 434 g/mol. The molecule has 8 heteroatoms. The Morgan fingerprint density at radius 3 is 2.62 bits per heavy atom. The Kier molecular flexibility index (Phi) is 5.63. The first-order valence-corrected chi connectivity index (χ1v) is 10.9. The van der Waals surface area contributed by atoms with Gasteiger partial charge in [-0.15, -0.1) is 10.2 Å². The molecule has 32 heavy (non-hydrogen) atoms. The van der Waals surface area contributed by atoms with Gasteiger partial charge in [-0.3, -0.25) is 9.69 Å². The first-order valence-electron chi connectivity index (χ1n) is 10.9. The van der Waals surface area contributed by atoms with E-state index in [2.05, 4.69) is 31.8 Å². The van der Waals surface area contributed by atoms with Crippen LogP contribution in [0, 0.1) is 0 Å². The molecule has 1 N–H and O–H groups in total. The highest BCUT2D eigenvalue weighted by molar-refractivity contribution is 5.94. The summed E-state index contributed by atoms with van der Waals surface area (Å²) in [6.07, 6.45) is 0.257. The third kappa shape index (κ3) is 3.99. The lowest BCUT2D eigenvalue weighted by Crippen LogP contribution is -2.39. The third-order valence-electron chi connectivity index (χ3n) is 6.31. The first kappa shape index (κ1) is 20.7. The molecule has 0 bridgehead atoms. The Balaban J connectivity index is 1.32. The van der Waals surface area contributed by atoms with Gasteiger partial charge in [0.25, 0.3) is 5.91 Å². The molecule has 0 radical (unpaired) electrons. The van der Waals surface area contributed by atoms with Gasteiger partial charge < -0.3 is 19.3 Å². The van der Waals surface area contributed by atoms with Crippen LogP contribution in [-0.2, 0) is 19.6 Å². The van der Waals surface area contributed by atoms with Crippen LogP contribution in [0.4, 0.5) is 0 Å². The van der Waals surface area contributed by atoms with Crippen molar-refractivity contribution in [2.75, 3.05) is 20.2 Å². The summed E-state index contributed by atoms with van der Waals surface area (Å²) in [6, 6.07) is 17.4. The van der Waals surface area contributed by atoms with Gasteiger partial charge in [-0.25, -0.2) is 0 Å². The molecular formula is C24H27N5O3. The van der Waals surface area contributed by atoms with Crippen LogP contribution in [0.15, 0.2) is 54.6 Å². The number of nitrogens with zero attached hydrogens (tertiary/aromatic N) is 5. The van der Waals surface area contributed by atoms with E-state index in [1.807, 2.05) is 18.2 Å². The van der Waals surface area contributed by atoms with E-state index in [1.165, 1.54) is 5.56 Å². The second-order valence-corrected chi connectivity index (χ2v) is 8.40. The number of aliphatic hydroxyl groups is 1. The minimum Gasteiger partial charge on any atom is -0.497 e. The molecule has 1 saturated heterocycles. The Morgan fingerprint density at radius 2 is 1.88 bits per heavy atom. The Morgan fingerprint density at radius 1 is 1.09 bits per heavy atom. The number of rotatable bonds is 5. The Bertz CT molecular complexity index is 1080. The summed E-state index contributed by atoms with van der Waals surface area (Å²) in [5.74, 6) is 2.37. The molecule has 2 atom stereocenters. The number of β-amino-alcohol motifs (C(OH)–C–C–N with tert-alkyl or cyclic N) is 1. The van der Waals surface area contributed by atoms with E-state index >= 15 is 0 Å². The molecule has 0 spiro atoms. The lowest BCUT2D eigenvalue weighted by Gasteiger charge is -2.30. The SMILES string of the molecule is COc1ccc(C(=O)N2CCn3c(nnc3[C@@H]3C[C@@H](O)CN3Cc3ccccc3)C2)cc1. The first-order chi connectivity index (χ1) is 15.6. The zero-order valence-electron chi connectivity index (χ0n) is 18.1. The van der Waals surface area contributed by atoms with Gasteiger partial charge in [0.15, 0.2) is 11.6 Å². The van der Waals surface area contributed by atoms with E-state index in [0.717, 1.165) is 23.9 Å². The average Bonchev–Trinajstić information content (AvgIpc) is 3.41. The number of carbonyl (C=O) groups is 1. The van der Waals surface area contributed by atoms with Crippen LogP contribution in [-0.4, -0.2) is 61.9 Å². The third-order valence-corrected chi connectivity index (χ3v) is 6.31. The van der Waals surface area contributed by atoms with Gasteiger partial charge in [-0.2, -0.15) is 0 Å². The van der Waals surface area contributed by atoms with E-state index < -0.39 is 0 Å². The van der Waals surface area contributed by atoms with E-state index in [4.69, 9.17) is 4.74 Å². The van der Waals surface area contributed by atoms with Crippen molar-refractivity contribution >= 4 is 5.91 Å². The summed E-state index contributed by atoms with van der Waals surface area (Å²) in [7, 11) is 1.61. The number of carbonyl (C=O) groups excluding carboxylic acids is 1. The van der Waals surface area contributed by atoms with Crippen LogP contribution in [0.25, 0.3) is 0 Å². The quantitative estimate of drug-likeness (QED) is 0.665. The fourth-order valence-corrected chi connectivity index (χ4v) is 4.66. The van der Waals surface area contributed by atoms with Gasteiger partial charge in [0.2, 0.25) is 0 Å². The molecule has 0 aliphatic carbocycles. The van der Waals surface area contributed by atoms with Crippen LogP contribution in [0.2, 0.25) is 0 Å². The normalized spacial score (nSPS) is 20.9. The van der Waals surface area contributed by atoms with Crippen molar-refractivity contribution in [2.24, 2.45) is 0 Å². The number of hydrogen-bond donors (Lipinski definition) is 1. The fourth-order valence-electron chi connectivity index (χ4n) is 4.66. The van der Waals surface area contributed by atoms with Crippen molar-refractivity contribution in [3.8, 4) is 5.75 Å². The van der Waals surface area contributed by atoms with Gasteiger partial charge in [0, 0.05) is 31.7 Å². The molecule has 3 aromatic rings. The van der Waals surface area contributed by atoms with E-state index in [0.29, 0.717) is 38.2 Å². The molecular weight excluding hydrogens is 406 g/mol. The molecule has 0 saturated carbocycles. The zero-order valence-corrected chi connectivity index (χ0v) is 18.1. The van der Waals surface area contributed by atoms with Gasteiger partial charge in [0.05, 0.1) is 25.8 Å². The Hall–Kier alpha value is -3.23. The largest absolute Gasteiger partial charge is 0.497 e. The number of benzene rings is 2. The van der Waals surface area contributed by atoms with Gasteiger partial charge >= 0.3 is 0 Å². The van der Waals surface area contributed by atoms with Gasteiger partial charge in [-0.1, -0.05) is 30.3 Å². The molecule has 1 amide bonds. The van der Waals surface area contributed by atoms with Crippen molar-refractivity contribution < 1.29 is 14.6 Å². The number of ether oxygens (including phenoxy) is 1. The fraction of sp³-hybridized carbons (Fsp3) is 0.375. The Labute approximate surface area is 187 Å². The molecule has 2 aliphatic heterocycles. The maximum absolute atomic E-state index is 13.0. The highest BCUT2D eigenvalue weighted by Gasteiger charge is 2.37. The van der Waals surface area contributed by atoms with E-state index in [-0.39, 0.29) is 18.1 Å². The summed E-state index contributed by atoms with van der Waals surface area (Å²) in [4.78, 5) is 17.0. The number of aliphatic hydroxyl groups excluding tert-OH is 1. The van der Waals surface area contributed by atoms with Crippen LogP contribution in [0.1, 0.15) is 40.0 Å².